The zero-order valence-electron chi connectivity index (χ0n) is 9.55. The first-order valence-electron chi connectivity index (χ1n) is 5.62. The molecule has 2 aromatic heterocycles. The van der Waals surface area contributed by atoms with E-state index < -0.39 is 0 Å². The van der Waals surface area contributed by atoms with Gasteiger partial charge in [0.1, 0.15) is 11.6 Å². The van der Waals surface area contributed by atoms with Crippen molar-refractivity contribution in [3.63, 3.8) is 0 Å². The maximum absolute atomic E-state index is 9.41. The van der Waals surface area contributed by atoms with Crippen LogP contribution in [0.2, 0.25) is 5.02 Å². The second kappa shape index (κ2) is 4.35. The van der Waals surface area contributed by atoms with Crippen molar-refractivity contribution in [2.45, 2.75) is 6.42 Å². The number of aromatic hydroxyl groups is 1. The van der Waals surface area contributed by atoms with E-state index in [0.29, 0.717) is 6.42 Å². The van der Waals surface area contributed by atoms with Crippen molar-refractivity contribution in [3.8, 4) is 5.75 Å². The smallest absolute Gasteiger partial charge is 0.119 e. The lowest BCUT2D eigenvalue weighted by molar-refractivity contribution is 0.475. The lowest BCUT2D eigenvalue weighted by Gasteiger charge is -2.02. The molecule has 4 heteroatoms. The van der Waals surface area contributed by atoms with Gasteiger partial charge in [0.2, 0.25) is 0 Å². The van der Waals surface area contributed by atoms with E-state index in [1.165, 1.54) is 0 Å². The van der Waals surface area contributed by atoms with Gasteiger partial charge in [0.15, 0.2) is 0 Å². The van der Waals surface area contributed by atoms with Crippen LogP contribution in [-0.4, -0.2) is 14.5 Å². The summed E-state index contributed by atoms with van der Waals surface area (Å²) in [4.78, 5) is 4.37. The number of nitrogens with zero attached hydrogens (tertiary/aromatic N) is 2. The Labute approximate surface area is 109 Å². The maximum Gasteiger partial charge on any atom is 0.119 e. The molecule has 0 bridgehead atoms. The van der Waals surface area contributed by atoms with Gasteiger partial charge in [-0.05, 0) is 23.8 Å². The quantitative estimate of drug-likeness (QED) is 0.766. The van der Waals surface area contributed by atoms with E-state index in [4.69, 9.17) is 11.6 Å². The SMILES string of the molecule is Oc1ccn2c(Cc3cccc(Cl)c3)ncc2c1. The van der Waals surface area contributed by atoms with Crippen LogP contribution in [0.25, 0.3) is 5.52 Å². The standard InChI is InChI=1S/C14H11ClN2O/c15-11-3-1-2-10(6-11)7-14-16-9-12-8-13(18)4-5-17(12)14/h1-6,8-9,18H,7H2. The first-order chi connectivity index (χ1) is 8.72. The van der Waals surface area contributed by atoms with Crippen LogP contribution in [0.15, 0.2) is 48.8 Å². The highest BCUT2D eigenvalue weighted by molar-refractivity contribution is 6.30. The van der Waals surface area contributed by atoms with Crippen LogP contribution in [0, 0.1) is 0 Å². The Morgan fingerprint density at radius 1 is 1.22 bits per heavy atom. The van der Waals surface area contributed by atoms with Gasteiger partial charge in [0, 0.05) is 23.7 Å². The molecule has 3 aromatic rings. The van der Waals surface area contributed by atoms with Gasteiger partial charge in [0.05, 0.1) is 11.7 Å². The highest BCUT2D eigenvalue weighted by Crippen LogP contribution is 2.18. The third-order valence-electron chi connectivity index (χ3n) is 2.84. The van der Waals surface area contributed by atoms with E-state index in [-0.39, 0.29) is 5.75 Å². The number of aromatic nitrogens is 2. The molecule has 2 heterocycles. The lowest BCUT2D eigenvalue weighted by atomic mass is 10.1. The second-order valence-electron chi connectivity index (χ2n) is 4.16. The molecule has 3 nitrogen and oxygen atoms in total. The molecule has 0 spiro atoms. The van der Waals surface area contributed by atoms with Crippen LogP contribution in [-0.2, 0) is 6.42 Å². The van der Waals surface area contributed by atoms with E-state index in [0.717, 1.165) is 21.9 Å². The molecule has 0 fully saturated rings. The zero-order chi connectivity index (χ0) is 12.5. The fraction of sp³-hybridized carbons (Fsp3) is 0.0714. The van der Waals surface area contributed by atoms with Gasteiger partial charge in [0.25, 0.3) is 0 Å². The van der Waals surface area contributed by atoms with E-state index in [1.54, 1.807) is 18.3 Å². The van der Waals surface area contributed by atoms with Crippen molar-refractivity contribution in [1.29, 1.82) is 0 Å². The van der Waals surface area contributed by atoms with Gasteiger partial charge in [-0.15, -0.1) is 0 Å². The van der Waals surface area contributed by atoms with Gasteiger partial charge >= 0.3 is 0 Å². The summed E-state index contributed by atoms with van der Waals surface area (Å²) in [6.07, 6.45) is 4.27. The Kier molecular flexibility index (Phi) is 2.68. The predicted octanol–water partition coefficient (Wildman–Crippen LogP) is 3.28. The number of pyridine rings is 1. The summed E-state index contributed by atoms with van der Waals surface area (Å²) in [5.74, 6) is 1.17. The predicted molar refractivity (Wildman–Crippen MR) is 71.1 cm³/mol. The minimum Gasteiger partial charge on any atom is -0.508 e. The molecule has 1 N–H and O–H groups in total. The van der Waals surface area contributed by atoms with Crippen LogP contribution >= 0.6 is 11.6 Å². The van der Waals surface area contributed by atoms with Gasteiger partial charge in [-0.2, -0.15) is 0 Å². The van der Waals surface area contributed by atoms with Gasteiger partial charge in [-0.3, -0.25) is 0 Å². The summed E-state index contributed by atoms with van der Waals surface area (Å²) in [6, 6.07) is 11.1. The normalized spacial score (nSPS) is 10.9. The Hall–Kier alpha value is -2.00. The molecule has 0 unspecified atom stereocenters. The van der Waals surface area contributed by atoms with Crippen molar-refractivity contribution in [2.75, 3.05) is 0 Å². The molecule has 0 atom stereocenters. The Morgan fingerprint density at radius 3 is 2.94 bits per heavy atom. The summed E-state index contributed by atoms with van der Waals surface area (Å²) in [7, 11) is 0. The molecule has 0 saturated carbocycles. The molecule has 0 aliphatic carbocycles. The monoisotopic (exact) mass is 258 g/mol. The summed E-state index contributed by atoms with van der Waals surface area (Å²) < 4.78 is 1.96. The first-order valence-corrected chi connectivity index (χ1v) is 5.99. The molecule has 0 amide bonds. The van der Waals surface area contributed by atoms with Crippen molar-refractivity contribution >= 4 is 17.1 Å². The minimum atomic E-state index is 0.247. The fourth-order valence-corrected chi connectivity index (χ4v) is 2.22. The Balaban J connectivity index is 2.00. The number of fused-ring (bicyclic) bond motifs is 1. The third kappa shape index (κ3) is 2.05. The number of rotatable bonds is 2. The van der Waals surface area contributed by atoms with Gasteiger partial charge in [-0.1, -0.05) is 23.7 Å². The van der Waals surface area contributed by atoms with Crippen LogP contribution in [0.3, 0.4) is 0 Å². The van der Waals surface area contributed by atoms with E-state index in [2.05, 4.69) is 4.98 Å². The Morgan fingerprint density at radius 2 is 2.11 bits per heavy atom. The van der Waals surface area contributed by atoms with Crippen LogP contribution in [0.1, 0.15) is 11.4 Å². The summed E-state index contributed by atoms with van der Waals surface area (Å²) in [5.41, 5.74) is 2.00. The number of hydrogen-bond acceptors (Lipinski definition) is 2. The summed E-state index contributed by atoms with van der Waals surface area (Å²) in [6.45, 7) is 0. The first kappa shape index (κ1) is 11.1. The van der Waals surface area contributed by atoms with E-state index in [9.17, 15) is 5.11 Å². The topological polar surface area (TPSA) is 37.5 Å². The number of halogens is 1. The summed E-state index contributed by atoms with van der Waals surface area (Å²) >= 11 is 5.96. The molecule has 0 aliphatic rings. The highest BCUT2D eigenvalue weighted by atomic mass is 35.5. The van der Waals surface area contributed by atoms with Crippen LogP contribution < -0.4 is 0 Å². The molecule has 0 radical (unpaired) electrons. The number of imidazole rings is 1. The largest absolute Gasteiger partial charge is 0.508 e. The highest BCUT2D eigenvalue weighted by Gasteiger charge is 2.05. The van der Waals surface area contributed by atoms with Crippen LogP contribution in [0.5, 0.6) is 5.75 Å². The molecule has 1 aromatic carbocycles. The van der Waals surface area contributed by atoms with E-state index >= 15 is 0 Å². The van der Waals surface area contributed by atoms with Crippen molar-refractivity contribution in [3.05, 3.63) is 65.2 Å². The number of hydrogen-bond donors (Lipinski definition) is 1. The van der Waals surface area contributed by atoms with Crippen molar-refractivity contribution in [1.82, 2.24) is 9.38 Å². The summed E-state index contributed by atoms with van der Waals surface area (Å²) in [5, 5.41) is 10.1. The average Bonchev–Trinajstić information content (AvgIpc) is 2.72. The minimum absolute atomic E-state index is 0.247. The van der Waals surface area contributed by atoms with E-state index in [1.807, 2.05) is 34.9 Å². The van der Waals surface area contributed by atoms with Crippen molar-refractivity contribution < 1.29 is 5.11 Å². The Bertz CT molecular complexity index is 706. The molecule has 0 aliphatic heterocycles. The number of benzene rings is 1. The van der Waals surface area contributed by atoms with Crippen molar-refractivity contribution in [2.24, 2.45) is 0 Å². The lowest BCUT2D eigenvalue weighted by Crippen LogP contribution is -1.95. The molecular weight excluding hydrogens is 248 g/mol. The maximum atomic E-state index is 9.41. The van der Waals surface area contributed by atoms with Crippen LogP contribution in [0.4, 0.5) is 0 Å². The molecular formula is C14H11ClN2O. The molecule has 0 saturated heterocycles. The second-order valence-corrected chi connectivity index (χ2v) is 4.60. The third-order valence-corrected chi connectivity index (χ3v) is 3.08. The van der Waals surface area contributed by atoms with Gasteiger partial charge < -0.3 is 9.51 Å². The zero-order valence-corrected chi connectivity index (χ0v) is 10.3. The fourth-order valence-electron chi connectivity index (χ4n) is 2.00. The average molecular weight is 259 g/mol. The molecule has 90 valence electrons. The molecule has 3 rings (SSSR count). The van der Waals surface area contributed by atoms with Gasteiger partial charge in [-0.25, -0.2) is 4.98 Å². The molecule has 18 heavy (non-hydrogen) atoms.